The van der Waals surface area contributed by atoms with E-state index < -0.39 is 0 Å². The number of amides is 1. The Labute approximate surface area is 181 Å². The van der Waals surface area contributed by atoms with E-state index in [1.54, 1.807) is 12.3 Å². The van der Waals surface area contributed by atoms with E-state index in [1.807, 2.05) is 18.2 Å². The highest BCUT2D eigenvalue weighted by molar-refractivity contribution is 6.18. The molecule has 4 heterocycles. The van der Waals surface area contributed by atoms with Crippen molar-refractivity contribution in [1.29, 1.82) is 5.41 Å². The lowest BCUT2D eigenvalue weighted by Gasteiger charge is -2.44. The molecule has 0 aliphatic carbocycles. The number of hydrogen-bond acceptors (Lipinski definition) is 7. The first-order valence-electron chi connectivity index (χ1n) is 10.6. The summed E-state index contributed by atoms with van der Waals surface area (Å²) in [4.78, 5) is 17.6. The molecule has 4 aliphatic rings. The molecular weight excluding hydrogens is 394 g/mol. The van der Waals surface area contributed by atoms with Crippen LogP contribution in [0.4, 0.5) is 11.4 Å². The smallest absolute Gasteiger partial charge is 0.259 e. The van der Waals surface area contributed by atoms with Gasteiger partial charge in [-0.05, 0) is 25.3 Å². The molecule has 0 atom stereocenters. The number of fused-ring (bicyclic) bond motifs is 1. The van der Waals surface area contributed by atoms with Gasteiger partial charge in [-0.25, -0.2) is 0 Å². The number of dihydropyridines is 1. The van der Waals surface area contributed by atoms with Crippen LogP contribution in [0.5, 0.6) is 5.75 Å². The van der Waals surface area contributed by atoms with Crippen molar-refractivity contribution in [2.45, 2.75) is 12.0 Å². The van der Waals surface area contributed by atoms with Crippen molar-refractivity contribution in [3.05, 3.63) is 53.4 Å². The molecular formula is C23H27N5O3. The number of allylic oxidation sites excluding steroid dienone is 3. The molecule has 1 aromatic rings. The average molecular weight is 422 g/mol. The number of carbonyl (C=O) groups is 1. The summed E-state index contributed by atoms with van der Waals surface area (Å²) in [6, 6.07) is 4.10. The van der Waals surface area contributed by atoms with Crippen molar-refractivity contribution >= 4 is 23.5 Å². The topological polar surface area (TPSA) is 89.9 Å². The molecule has 4 aliphatic heterocycles. The van der Waals surface area contributed by atoms with Crippen LogP contribution in [-0.2, 0) is 16.0 Å². The molecule has 8 nitrogen and oxygen atoms in total. The first-order chi connectivity index (χ1) is 15.1. The van der Waals surface area contributed by atoms with Gasteiger partial charge in [0.15, 0.2) is 0 Å². The molecule has 2 fully saturated rings. The van der Waals surface area contributed by atoms with E-state index in [9.17, 15) is 4.79 Å². The maximum atomic E-state index is 13.1. The normalized spacial score (nSPS) is 22.9. The van der Waals surface area contributed by atoms with E-state index >= 15 is 0 Å². The fourth-order valence-electron chi connectivity index (χ4n) is 4.76. The zero-order chi connectivity index (χ0) is 21.4. The van der Waals surface area contributed by atoms with Gasteiger partial charge in [-0.2, -0.15) is 0 Å². The number of morpholine rings is 1. The average Bonchev–Trinajstić information content (AvgIpc) is 3.13. The Hall–Kier alpha value is -3.10. The van der Waals surface area contributed by atoms with Crippen LogP contribution in [-0.4, -0.2) is 69.1 Å². The van der Waals surface area contributed by atoms with Crippen molar-refractivity contribution in [3.8, 4) is 5.75 Å². The van der Waals surface area contributed by atoms with E-state index in [-0.39, 0.29) is 17.1 Å². The third-order valence-corrected chi connectivity index (χ3v) is 6.12. The summed E-state index contributed by atoms with van der Waals surface area (Å²) in [5.41, 5.74) is 3.53. The number of nitrogens with one attached hydrogen (secondary N) is 3. The number of carbonyl (C=O) groups excluding carboxylic acids is 1. The fraction of sp³-hybridized carbons (Fsp3) is 0.391. The Balaban J connectivity index is 1.47. The van der Waals surface area contributed by atoms with Crippen LogP contribution in [0.3, 0.4) is 0 Å². The molecule has 0 saturated carbocycles. The third kappa shape index (κ3) is 3.73. The van der Waals surface area contributed by atoms with Gasteiger partial charge in [-0.15, -0.1) is 0 Å². The maximum absolute atomic E-state index is 13.1. The summed E-state index contributed by atoms with van der Waals surface area (Å²) in [5, 5.41) is 13.9. The Bertz CT molecular complexity index is 1000. The van der Waals surface area contributed by atoms with Gasteiger partial charge >= 0.3 is 0 Å². The van der Waals surface area contributed by atoms with E-state index in [2.05, 4.69) is 33.5 Å². The molecule has 31 heavy (non-hydrogen) atoms. The molecule has 5 rings (SSSR count). The highest BCUT2D eigenvalue weighted by Gasteiger charge is 2.48. The molecule has 8 heteroatoms. The van der Waals surface area contributed by atoms with Gasteiger partial charge < -0.3 is 30.4 Å². The molecule has 1 spiro atoms. The van der Waals surface area contributed by atoms with Crippen LogP contribution in [0.25, 0.3) is 0 Å². The Kier molecular flexibility index (Phi) is 5.03. The maximum Gasteiger partial charge on any atom is 0.259 e. The van der Waals surface area contributed by atoms with Crippen molar-refractivity contribution < 1.29 is 14.3 Å². The van der Waals surface area contributed by atoms with Gasteiger partial charge in [0.1, 0.15) is 11.4 Å². The first kappa shape index (κ1) is 19.8. The second-order valence-corrected chi connectivity index (χ2v) is 8.50. The van der Waals surface area contributed by atoms with Crippen LogP contribution in [0, 0.1) is 5.41 Å². The van der Waals surface area contributed by atoms with E-state index in [4.69, 9.17) is 14.9 Å². The van der Waals surface area contributed by atoms with Crippen molar-refractivity contribution in [3.63, 3.8) is 0 Å². The van der Waals surface area contributed by atoms with Gasteiger partial charge in [0.25, 0.3) is 5.91 Å². The molecule has 3 N–H and O–H groups in total. The van der Waals surface area contributed by atoms with Crippen molar-refractivity contribution in [2.24, 2.45) is 0 Å². The van der Waals surface area contributed by atoms with Crippen LogP contribution in [0.2, 0.25) is 0 Å². The number of ether oxygens (including phenoxy) is 2. The molecule has 162 valence electrons. The number of likely N-dealkylation sites (N-methyl/N-ethyl adjacent to an activating group) is 1. The standard InChI is InChI=1S/C23H27N5O3/c1-27-14-23(15-27)12-16-10-19(20(11-21(16)31-23)28-6-8-30-9-7-28)26-22(29)17(13-24)18-4-2-3-5-25-18/h2-5,10-11,13,24-25H,6-9,12,14-15H2,1H3,(H,26,29)/b18-17+,24-13?. The SMILES string of the molecule is CN1CC2(Cc3cc(NC(=O)/C(C=N)=C4\C=CC=CN4)c(N4CCOCC4)cc3O2)C1. The number of hydrogen-bond donors (Lipinski definition) is 3. The summed E-state index contributed by atoms with van der Waals surface area (Å²) in [6.07, 6.45) is 9.14. The molecule has 0 radical (unpaired) electrons. The highest BCUT2D eigenvalue weighted by Crippen LogP contribution is 2.44. The summed E-state index contributed by atoms with van der Waals surface area (Å²) in [6.45, 7) is 4.62. The first-order valence-corrected chi connectivity index (χ1v) is 10.6. The number of likely N-dealkylation sites (tertiary alicyclic amines) is 1. The molecule has 0 unspecified atom stereocenters. The number of anilines is 2. The zero-order valence-electron chi connectivity index (χ0n) is 17.6. The van der Waals surface area contributed by atoms with Gasteiger partial charge in [0.05, 0.1) is 35.9 Å². The Morgan fingerprint density at radius 1 is 1.26 bits per heavy atom. The van der Waals surface area contributed by atoms with E-state index in [0.29, 0.717) is 18.9 Å². The van der Waals surface area contributed by atoms with Crippen LogP contribution in [0.1, 0.15) is 5.56 Å². The van der Waals surface area contributed by atoms with Gasteiger partial charge in [0.2, 0.25) is 0 Å². The largest absolute Gasteiger partial charge is 0.484 e. The minimum absolute atomic E-state index is 0.146. The van der Waals surface area contributed by atoms with Crippen molar-refractivity contribution in [2.75, 3.05) is 56.7 Å². The summed E-state index contributed by atoms with van der Waals surface area (Å²) >= 11 is 0. The zero-order valence-corrected chi connectivity index (χ0v) is 17.6. The van der Waals surface area contributed by atoms with Crippen LogP contribution >= 0.6 is 0 Å². The molecule has 2 saturated heterocycles. The molecule has 1 amide bonds. The predicted octanol–water partition coefficient (Wildman–Crippen LogP) is 1.66. The second kappa shape index (κ2) is 7.86. The second-order valence-electron chi connectivity index (χ2n) is 8.50. The lowest BCUT2D eigenvalue weighted by atomic mass is 9.89. The molecule has 0 bridgehead atoms. The van der Waals surface area contributed by atoms with E-state index in [1.165, 1.54) is 0 Å². The fourth-order valence-corrected chi connectivity index (χ4v) is 4.76. The summed E-state index contributed by atoms with van der Waals surface area (Å²) < 4.78 is 11.9. The Morgan fingerprint density at radius 3 is 2.74 bits per heavy atom. The minimum Gasteiger partial charge on any atom is -0.484 e. The molecule has 0 aromatic heterocycles. The number of nitrogens with zero attached hydrogens (tertiary/aromatic N) is 2. The third-order valence-electron chi connectivity index (χ3n) is 6.12. The van der Waals surface area contributed by atoms with Crippen molar-refractivity contribution in [1.82, 2.24) is 10.2 Å². The lowest BCUT2D eigenvalue weighted by molar-refractivity contribution is -0.112. The van der Waals surface area contributed by atoms with Crippen LogP contribution < -0.4 is 20.3 Å². The number of rotatable bonds is 4. The van der Waals surface area contributed by atoms with Crippen LogP contribution in [0.15, 0.2) is 47.8 Å². The highest BCUT2D eigenvalue weighted by atomic mass is 16.5. The molecule has 1 aromatic carbocycles. The van der Waals surface area contributed by atoms with Gasteiger partial charge in [-0.1, -0.05) is 6.08 Å². The summed E-state index contributed by atoms with van der Waals surface area (Å²) in [7, 11) is 2.09. The lowest BCUT2D eigenvalue weighted by Crippen LogP contribution is -2.62. The monoisotopic (exact) mass is 421 g/mol. The van der Waals surface area contributed by atoms with Gasteiger partial charge in [0, 0.05) is 56.6 Å². The number of benzene rings is 1. The van der Waals surface area contributed by atoms with E-state index in [0.717, 1.165) is 61.5 Å². The minimum atomic E-state index is -0.316. The van der Waals surface area contributed by atoms with Gasteiger partial charge in [-0.3, -0.25) is 9.69 Å². The Morgan fingerprint density at radius 2 is 2.06 bits per heavy atom. The predicted molar refractivity (Wildman–Crippen MR) is 120 cm³/mol. The summed E-state index contributed by atoms with van der Waals surface area (Å²) in [5.74, 6) is 0.587. The quantitative estimate of drug-likeness (QED) is 0.506.